The van der Waals surface area contributed by atoms with E-state index in [0.717, 1.165) is 24.8 Å². The van der Waals surface area contributed by atoms with Crippen LogP contribution in [0.15, 0.2) is 65.6 Å². The summed E-state index contributed by atoms with van der Waals surface area (Å²) in [6, 6.07) is 16.3. The number of nitrogens with one attached hydrogen (secondary N) is 1. The highest BCUT2D eigenvalue weighted by molar-refractivity contribution is 7.85. The third kappa shape index (κ3) is 8.24. The van der Waals surface area contributed by atoms with Crippen LogP contribution in [0.25, 0.3) is 0 Å². The van der Waals surface area contributed by atoms with Gasteiger partial charge in [0.25, 0.3) is 10.1 Å². The molecule has 0 heterocycles. The molecule has 4 N–H and O–H groups in total. The zero-order chi connectivity index (χ0) is 19.4. The van der Waals surface area contributed by atoms with E-state index in [0.29, 0.717) is 6.54 Å². The Hall–Kier alpha value is -2.22. The van der Waals surface area contributed by atoms with Gasteiger partial charge < -0.3 is 11.1 Å². The molecule has 0 aliphatic rings. The predicted molar refractivity (Wildman–Crippen MR) is 102 cm³/mol. The van der Waals surface area contributed by atoms with E-state index in [1.807, 2.05) is 30.3 Å². The molecule has 0 aromatic heterocycles. The molecule has 0 fully saturated rings. The summed E-state index contributed by atoms with van der Waals surface area (Å²) in [4.78, 5) is 11.6. The monoisotopic (exact) mass is 378 g/mol. The number of carbonyl (C=O) groups is 1. The van der Waals surface area contributed by atoms with Gasteiger partial charge in [0, 0.05) is 6.54 Å². The van der Waals surface area contributed by atoms with Crippen molar-refractivity contribution in [1.82, 2.24) is 5.32 Å². The van der Waals surface area contributed by atoms with Gasteiger partial charge in [0.15, 0.2) is 0 Å². The topological polar surface area (TPSA) is 109 Å². The van der Waals surface area contributed by atoms with Crippen molar-refractivity contribution in [3.05, 3.63) is 66.2 Å². The fourth-order valence-corrected chi connectivity index (χ4v) is 2.60. The molecule has 0 saturated heterocycles. The molecule has 142 valence electrons. The van der Waals surface area contributed by atoms with Crippen molar-refractivity contribution in [2.75, 3.05) is 6.54 Å². The summed E-state index contributed by atoms with van der Waals surface area (Å²) < 4.78 is 29.2. The molecule has 0 spiro atoms. The zero-order valence-corrected chi connectivity index (χ0v) is 15.7. The number of nitrogens with two attached hydrogens (primary N) is 1. The standard InChI is InChI=1S/C13H20N2O.C6H6O3S/c1-2-3-7-10-15-13(16)12(14)11-8-5-4-6-9-11;7-10(8,9)6-4-2-1-3-5-6/h4-6,8-9,12H,2-3,7,10,14H2,1H3,(H,15,16);1-5H,(H,7,8,9). The summed E-state index contributed by atoms with van der Waals surface area (Å²) in [5.41, 5.74) is 6.70. The van der Waals surface area contributed by atoms with Crippen LogP contribution in [-0.2, 0) is 14.9 Å². The van der Waals surface area contributed by atoms with Crippen LogP contribution in [0.3, 0.4) is 0 Å². The SMILES string of the molecule is CCCCCNC(=O)C(N)c1ccccc1.O=S(=O)(O)c1ccccc1. The van der Waals surface area contributed by atoms with Crippen molar-refractivity contribution >= 4 is 16.0 Å². The molecule has 2 aromatic carbocycles. The summed E-state index contributed by atoms with van der Waals surface area (Å²) in [6.45, 7) is 2.85. The quantitative estimate of drug-likeness (QED) is 0.507. The number of carbonyl (C=O) groups excluding carboxylic acids is 1. The maximum atomic E-state index is 11.7. The lowest BCUT2D eigenvalue weighted by Gasteiger charge is -2.12. The Labute approximate surface area is 155 Å². The maximum Gasteiger partial charge on any atom is 0.294 e. The molecule has 0 radical (unpaired) electrons. The number of benzene rings is 2. The van der Waals surface area contributed by atoms with Gasteiger partial charge >= 0.3 is 0 Å². The van der Waals surface area contributed by atoms with E-state index in [2.05, 4.69) is 12.2 Å². The number of hydrogen-bond donors (Lipinski definition) is 3. The van der Waals surface area contributed by atoms with Crippen molar-refractivity contribution in [2.45, 2.75) is 37.1 Å². The van der Waals surface area contributed by atoms with E-state index in [-0.39, 0.29) is 10.8 Å². The molecule has 1 atom stereocenters. The molecule has 0 bridgehead atoms. The number of unbranched alkanes of at least 4 members (excludes halogenated alkanes) is 2. The van der Waals surface area contributed by atoms with Crippen LogP contribution in [-0.4, -0.2) is 25.4 Å². The van der Waals surface area contributed by atoms with Crippen LogP contribution in [0, 0.1) is 0 Å². The Morgan fingerprint density at radius 3 is 2.04 bits per heavy atom. The smallest absolute Gasteiger partial charge is 0.294 e. The van der Waals surface area contributed by atoms with Crippen molar-refractivity contribution in [3.63, 3.8) is 0 Å². The minimum atomic E-state index is -4.00. The minimum absolute atomic E-state index is 0.0741. The Bertz CT molecular complexity index is 750. The van der Waals surface area contributed by atoms with Crippen LogP contribution in [0.2, 0.25) is 0 Å². The van der Waals surface area contributed by atoms with Gasteiger partial charge in [-0.1, -0.05) is 68.3 Å². The lowest BCUT2D eigenvalue weighted by molar-refractivity contribution is -0.122. The first-order chi connectivity index (χ1) is 12.4. The molecule has 7 heteroatoms. The molecule has 2 aromatic rings. The first-order valence-electron chi connectivity index (χ1n) is 8.47. The Morgan fingerprint density at radius 1 is 1.04 bits per heavy atom. The first-order valence-corrected chi connectivity index (χ1v) is 9.91. The van der Waals surface area contributed by atoms with Gasteiger partial charge in [0.2, 0.25) is 5.91 Å². The normalized spacial score (nSPS) is 11.8. The fourth-order valence-electron chi connectivity index (χ4n) is 2.10. The van der Waals surface area contributed by atoms with Gasteiger partial charge in [-0.2, -0.15) is 8.42 Å². The van der Waals surface area contributed by atoms with Crippen molar-refractivity contribution < 1.29 is 17.8 Å². The number of hydrogen-bond acceptors (Lipinski definition) is 4. The van der Waals surface area contributed by atoms with Crippen LogP contribution in [0.1, 0.15) is 37.8 Å². The summed E-state index contributed by atoms with van der Waals surface area (Å²) in [7, 11) is -4.00. The molecule has 0 saturated carbocycles. The lowest BCUT2D eigenvalue weighted by atomic mass is 10.1. The molecule has 0 aliphatic heterocycles. The Balaban J connectivity index is 0.000000289. The van der Waals surface area contributed by atoms with Crippen molar-refractivity contribution in [3.8, 4) is 0 Å². The third-order valence-corrected chi connectivity index (χ3v) is 4.43. The summed E-state index contributed by atoms with van der Waals surface area (Å²) in [5, 5.41) is 2.85. The molecule has 1 amide bonds. The van der Waals surface area contributed by atoms with E-state index in [9.17, 15) is 13.2 Å². The second kappa shape index (κ2) is 11.4. The van der Waals surface area contributed by atoms with Crippen LogP contribution in [0.5, 0.6) is 0 Å². The number of rotatable bonds is 7. The molecule has 6 nitrogen and oxygen atoms in total. The summed E-state index contributed by atoms with van der Waals surface area (Å²) in [5.74, 6) is -0.0951. The second-order valence-corrected chi connectivity index (χ2v) is 7.10. The van der Waals surface area contributed by atoms with Gasteiger partial charge in [-0.25, -0.2) is 0 Å². The minimum Gasteiger partial charge on any atom is -0.354 e. The van der Waals surface area contributed by atoms with Gasteiger partial charge in [0.05, 0.1) is 4.90 Å². The van der Waals surface area contributed by atoms with E-state index in [1.54, 1.807) is 18.2 Å². The summed E-state index contributed by atoms with van der Waals surface area (Å²) >= 11 is 0. The van der Waals surface area contributed by atoms with Gasteiger partial charge in [-0.15, -0.1) is 0 Å². The van der Waals surface area contributed by atoms with Crippen LogP contribution >= 0.6 is 0 Å². The molecular formula is C19H26N2O4S. The van der Waals surface area contributed by atoms with E-state index in [4.69, 9.17) is 10.3 Å². The number of amides is 1. The Kier molecular flexibility index (Phi) is 9.57. The van der Waals surface area contributed by atoms with Crippen molar-refractivity contribution in [2.24, 2.45) is 5.73 Å². The molecule has 1 unspecified atom stereocenters. The van der Waals surface area contributed by atoms with Crippen LogP contribution in [0.4, 0.5) is 0 Å². The van der Waals surface area contributed by atoms with Gasteiger partial charge in [-0.05, 0) is 24.1 Å². The third-order valence-electron chi connectivity index (χ3n) is 3.56. The zero-order valence-electron chi connectivity index (χ0n) is 14.8. The van der Waals surface area contributed by atoms with Gasteiger partial charge in [0.1, 0.15) is 6.04 Å². The van der Waals surface area contributed by atoms with Gasteiger partial charge in [-0.3, -0.25) is 9.35 Å². The molecule has 0 aliphatic carbocycles. The first kappa shape index (κ1) is 21.8. The Morgan fingerprint density at radius 2 is 1.58 bits per heavy atom. The molecule has 26 heavy (non-hydrogen) atoms. The predicted octanol–water partition coefficient (Wildman–Crippen LogP) is 2.93. The van der Waals surface area contributed by atoms with E-state index in [1.165, 1.54) is 12.1 Å². The highest BCUT2D eigenvalue weighted by Crippen LogP contribution is 2.09. The average molecular weight is 378 g/mol. The van der Waals surface area contributed by atoms with Crippen molar-refractivity contribution in [1.29, 1.82) is 0 Å². The maximum absolute atomic E-state index is 11.7. The molecular weight excluding hydrogens is 352 g/mol. The molecule has 2 rings (SSSR count). The second-order valence-electron chi connectivity index (χ2n) is 5.67. The average Bonchev–Trinajstić information content (AvgIpc) is 2.66. The fraction of sp³-hybridized carbons (Fsp3) is 0.316. The highest BCUT2D eigenvalue weighted by atomic mass is 32.2. The lowest BCUT2D eigenvalue weighted by Crippen LogP contribution is -2.34. The van der Waals surface area contributed by atoms with E-state index < -0.39 is 16.2 Å². The van der Waals surface area contributed by atoms with E-state index >= 15 is 0 Å². The van der Waals surface area contributed by atoms with Crippen LogP contribution < -0.4 is 11.1 Å². The largest absolute Gasteiger partial charge is 0.354 e. The highest BCUT2D eigenvalue weighted by Gasteiger charge is 2.14. The summed E-state index contributed by atoms with van der Waals surface area (Å²) in [6.07, 6.45) is 3.31.